The van der Waals surface area contributed by atoms with Gasteiger partial charge in [0.05, 0.1) is 31.7 Å². The van der Waals surface area contributed by atoms with Gasteiger partial charge in [-0.3, -0.25) is 9.89 Å². The van der Waals surface area contributed by atoms with Crippen LogP contribution in [-0.4, -0.2) is 68.1 Å². The topological polar surface area (TPSA) is 50.2 Å². The van der Waals surface area contributed by atoms with Crippen LogP contribution in [0.25, 0.3) is 5.57 Å². The number of nitrogens with zero attached hydrogens (tertiary/aromatic N) is 4. The Kier molecular flexibility index (Phi) is 8.37. The predicted octanol–water partition coefficient (Wildman–Crippen LogP) is 5.29. The van der Waals surface area contributed by atoms with E-state index in [9.17, 15) is 0 Å². The Morgan fingerprint density at radius 1 is 1.11 bits per heavy atom. The molecule has 0 amide bonds. The van der Waals surface area contributed by atoms with Crippen molar-refractivity contribution in [1.82, 2.24) is 9.88 Å². The zero-order chi connectivity index (χ0) is 24.8. The average molecular weight is 475 g/mol. The van der Waals surface area contributed by atoms with Gasteiger partial charge in [-0.15, -0.1) is 13.2 Å². The molecule has 6 heteroatoms. The van der Waals surface area contributed by atoms with Crippen LogP contribution >= 0.6 is 0 Å². The van der Waals surface area contributed by atoms with Crippen LogP contribution in [-0.2, 0) is 11.2 Å². The van der Waals surface area contributed by atoms with Crippen molar-refractivity contribution < 1.29 is 9.47 Å². The van der Waals surface area contributed by atoms with Gasteiger partial charge in [0.1, 0.15) is 11.6 Å². The number of anilines is 1. The Balaban J connectivity index is 0.00000141. The molecule has 0 radical (unpaired) electrons. The fourth-order valence-electron chi connectivity index (χ4n) is 5.44. The van der Waals surface area contributed by atoms with Gasteiger partial charge in [-0.05, 0) is 48.6 Å². The number of fused-ring (bicyclic) bond motifs is 1. The summed E-state index contributed by atoms with van der Waals surface area (Å²) >= 11 is 0. The third kappa shape index (κ3) is 5.34. The summed E-state index contributed by atoms with van der Waals surface area (Å²) in [6, 6.07) is 8.97. The van der Waals surface area contributed by atoms with Crippen molar-refractivity contribution in [3.8, 4) is 5.75 Å². The second kappa shape index (κ2) is 11.6. The number of pyridine rings is 1. The molecule has 0 unspecified atom stereocenters. The number of aromatic nitrogens is 1. The minimum absolute atomic E-state index is 0.649. The standard InChI is InChI=1S/C27H34N4O2.C2H4/c1-4-20-17-22(32-3)18-25-26(20)19(2)16-24(29-25)23-6-5-9-28-27(23)31-10-7-21(8-11-31)30-12-14-33-15-13-30;1-2/h5-6,9,17-18,21H,2,4,7-8,10-16H2,1,3H3;1-2H2. The van der Waals surface area contributed by atoms with Gasteiger partial charge in [0, 0.05) is 62.0 Å². The van der Waals surface area contributed by atoms with Crippen molar-refractivity contribution in [3.05, 3.63) is 66.9 Å². The Morgan fingerprint density at radius 2 is 1.86 bits per heavy atom. The van der Waals surface area contributed by atoms with E-state index in [1.54, 1.807) is 7.11 Å². The maximum absolute atomic E-state index is 5.55. The number of aliphatic imine (C=N–C) groups is 1. The molecule has 2 aromatic rings. The molecule has 6 nitrogen and oxygen atoms in total. The largest absolute Gasteiger partial charge is 0.497 e. The number of methoxy groups -OCH3 is 1. The van der Waals surface area contributed by atoms with Gasteiger partial charge in [0.15, 0.2) is 0 Å². The van der Waals surface area contributed by atoms with E-state index >= 15 is 0 Å². The molecule has 3 aliphatic rings. The van der Waals surface area contributed by atoms with Crippen molar-refractivity contribution in [3.63, 3.8) is 0 Å². The van der Waals surface area contributed by atoms with Gasteiger partial charge < -0.3 is 14.4 Å². The summed E-state index contributed by atoms with van der Waals surface area (Å²) in [5.74, 6) is 1.89. The van der Waals surface area contributed by atoms with E-state index in [-0.39, 0.29) is 0 Å². The summed E-state index contributed by atoms with van der Waals surface area (Å²) in [4.78, 5) is 15.0. The molecule has 4 heterocycles. The molecule has 2 saturated heterocycles. The maximum Gasteiger partial charge on any atom is 0.137 e. The quantitative estimate of drug-likeness (QED) is 0.551. The molecular formula is C29H38N4O2. The number of hydrogen-bond donors (Lipinski definition) is 0. The lowest BCUT2D eigenvalue weighted by molar-refractivity contribution is 0.0115. The third-order valence-corrected chi connectivity index (χ3v) is 7.20. The van der Waals surface area contributed by atoms with Gasteiger partial charge in [0.2, 0.25) is 0 Å². The Bertz CT molecular complexity index is 1070. The number of rotatable bonds is 5. The van der Waals surface area contributed by atoms with Gasteiger partial charge in [-0.2, -0.15) is 0 Å². The van der Waals surface area contributed by atoms with E-state index in [1.165, 1.54) is 11.1 Å². The Hall–Kier alpha value is -2.96. The fourth-order valence-corrected chi connectivity index (χ4v) is 5.44. The van der Waals surface area contributed by atoms with Crippen molar-refractivity contribution in [2.75, 3.05) is 51.4 Å². The van der Waals surface area contributed by atoms with Gasteiger partial charge >= 0.3 is 0 Å². The Morgan fingerprint density at radius 3 is 2.54 bits per heavy atom. The number of ether oxygens (including phenoxy) is 2. The van der Waals surface area contributed by atoms with Crippen LogP contribution < -0.4 is 9.64 Å². The Labute approximate surface area is 210 Å². The smallest absolute Gasteiger partial charge is 0.137 e. The molecule has 1 aromatic heterocycles. The molecule has 3 aliphatic heterocycles. The van der Waals surface area contributed by atoms with Gasteiger partial charge in [-0.25, -0.2) is 4.98 Å². The first-order valence-corrected chi connectivity index (χ1v) is 12.7. The van der Waals surface area contributed by atoms with E-state index in [0.717, 1.165) is 99.2 Å². The molecule has 35 heavy (non-hydrogen) atoms. The molecule has 0 N–H and O–H groups in total. The number of morpholine rings is 1. The highest BCUT2D eigenvalue weighted by Gasteiger charge is 2.29. The second-order valence-corrected chi connectivity index (χ2v) is 9.11. The summed E-state index contributed by atoms with van der Waals surface area (Å²) in [6.07, 6.45) is 5.90. The van der Waals surface area contributed by atoms with Crippen LogP contribution in [0, 0.1) is 0 Å². The first-order chi connectivity index (χ1) is 17.2. The number of piperidine rings is 1. The van der Waals surface area contributed by atoms with E-state index in [0.29, 0.717) is 6.04 Å². The van der Waals surface area contributed by atoms with E-state index in [1.807, 2.05) is 18.3 Å². The molecular weight excluding hydrogens is 436 g/mol. The number of allylic oxidation sites excluding steroid dienone is 1. The van der Waals surface area contributed by atoms with Crippen LogP contribution in [0.3, 0.4) is 0 Å². The highest BCUT2D eigenvalue weighted by atomic mass is 16.5. The SMILES string of the molecule is C=C.C=C1CC(c2cccnc2N2CCC(N3CCOCC3)CC2)=Nc2cc(OC)cc(CC)c21. The maximum atomic E-state index is 5.55. The second-order valence-electron chi connectivity index (χ2n) is 9.11. The van der Waals surface area contributed by atoms with E-state index < -0.39 is 0 Å². The van der Waals surface area contributed by atoms with Crippen molar-refractivity contribution >= 4 is 22.8 Å². The zero-order valence-corrected chi connectivity index (χ0v) is 21.3. The van der Waals surface area contributed by atoms with Crippen molar-refractivity contribution in [1.29, 1.82) is 0 Å². The highest BCUT2D eigenvalue weighted by Crippen LogP contribution is 2.41. The monoisotopic (exact) mass is 474 g/mol. The summed E-state index contributed by atoms with van der Waals surface area (Å²) < 4.78 is 11.1. The zero-order valence-electron chi connectivity index (χ0n) is 21.3. The molecule has 0 spiro atoms. The summed E-state index contributed by atoms with van der Waals surface area (Å²) in [6.45, 7) is 18.5. The predicted molar refractivity (Wildman–Crippen MR) is 145 cm³/mol. The molecule has 0 atom stereocenters. The van der Waals surface area contributed by atoms with Crippen molar-refractivity contribution in [2.24, 2.45) is 4.99 Å². The van der Waals surface area contributed by atoms with Gasteiger partial charge in [-0.1, -0.05) is 13.5 Å². The minimum Gasteiger partial charge on any atom is -0.497 e. The van der Waals surface area contributed by atoms with Crippen molar-refractivity contribution in [2.45, 2.75) is 38.6 Å². The van der Waals surface area contributed by atoms with Gasteiger partial charge in [0.25, 0.3) is 0 Å². The molecule has 0 bridgehead atoms. The lowest BCUT2D eigenvalue weighted by Crippen LogP contribution is -2.49. The molecule has 186 valence electrons. The van der Waals surface area contributed by atoms with Crippen LogP contribution in [0.2, 0.25) is 0 Å². The number of hydrogen-bond acceptors (Lipinski definition) is 6. The summed E-state index contributed by atoms with van der Waals surface area (Å²) in [5, 5.41) is 0. The normalized spacial score (nSPS) is 18.9. The van der Waals surface area contributed by atoms with Crippen LogP contribution in [0.4, 0.5) is 11.5 Å². The number of aryl methyl sites for hydroxylation is 1. The van der Waals surface area contributed by atoms with Crippen LogP contribution in [0.15, 0.2) is 55.2 Å². The summed E-state index contributed by atoms with van der Waals surface area (Å²) in [7, 11) is 1.71. The molecule has 1 aromatic carbocycles. The molecule has 2 fully saturated rings. The average Bonchev–Trinajstić information content (AvgIpc) is 2.94. The first kappa shape index (κ1) is 25.1. The van der Waals surface area contributed by atoms with E-state index in [4.69, 9.17) is 19.5 Å². The third-order valence-electron chi connectivity index (χ3n) is 7.20. The molecule has 5 rings (SSSR count). The van der Waals surface area contributed by atoms with Crippen LogP contribution in [0.1, 0.15) is 42.9 Å². The first-order valence-electron chi connectivity index (χ1n) is 12.7. The molecule has 0 aliphatic carbocycles. The minimum atomic E-state index is 0.649. The molecule has 0 saturated carbocycles. The summed E-state index contributed by atoms with van der Waals surface area (Å²) in [5.41, 5.74) is 6.66. The lowest BCUT2D eigenvalue weighted by atomic mass is 9.89. The van der Waals surface area contributed by atoms with E-state index in [2.05, 4.69) is 48.6 Å². The lowest BCUT2D eigenvalue weighted by Gasteiger charge is -2.40. The number of benzene rings is 1. The highest BCUT2D eigenvalue weighted by molar-refractivity contribution is 6.13. The fraction of sp³-hybridized carbons (Fsp3) is 0.448. The van der Waals surface area contributed by atoms with Crippen LogP contribution in [0.5, 0.6) is 5.75 Å².